The molecule has 0 radical (unpaired) electrons. The Hall–Kier alpha value is -0.770. The van der Waals surface area contributed by atoms with Crippen LogP contribution in [0.2, 0.25) is 0 Å². The van der Waals surface area contributed by atoms with E-state index in [2.05, 4.69) is 23.9 Å². The van der Waals surface area contributed by atoms with Gasteiger partial charge in [0.2, 0.25) is 0 Å². The molecule has 5 rings (SSSR count). The van der Waals surface area contributed by atoms with E-state index >= 15 is 0 Å². The Morgan fingerprint density at radius 1 is 0.923 bits per heavy atom. The van der Waals surface area contributed by atoms with Crippen molar-refractivity contribution < 1.29 is 9.47 Å². The van der Waals surface area contributed by atoms with Crippen LogP contribution in [0.4, 0.5) is 0 Å². The van der Waals surface area contributed by atoms with E-state index < -0.39 is 0 Å². The summed E-state index contributed by atoms with van der Waals surface area (Å²) in [5.74, 6) is 2.89. The number of hydrogen-bond donors (Lipinski definition) is 0. The highest BCUT2D eigenvalue weighted by atomic mass is 16.7. The minimum Gasteiger partial charge on any atom is -0.347 e. The van der Waals surface area contributed by atoms with Crippen LogP contribution in [0.15, 0.2) is 5.11 Å². The summed E-state index contributed by atoms with van der Waals surface area (Å²) in [4.78, 5) is 3.09. The molecule has 5 heteroatoms. The first-order valence-corrected chi connectivity index (χ1v) is 10.8. The number of rotatable bonds is 1. The largest absolute Gasteiger partial charge is 0.347 e. The summed E-state index contributed by atoms with van der Waals surface area (Å²) in [5, 5.41) is 4.07. The summed E-state index contributed by atoms with van der Waals surface area (Å²) < 4.78 is 12.5. The van der Waals surface area contributed by atoms with Crippen LogP contribution in [0.5, 0.6) is 0 Å². The molecule has 7 atom stereocenters. The maximum atomic E-state index is 8.83. The maximum absolute atomic E-state index is 8.83. The topological polar surface area (TPSA) is 67.2 Å². The van der Waals surface area contributed by atoms with Crippen LogP contribution in [0, 0.1) is 34.5 Å². The van der Waals surface area contributed by atoms with Gasteiger partial charge < -0.3 is 9.47 Å². The van der Waals surface area contributed by atoms with E-state index in [-0.39, 0.29) is 17.2 Å². The minimum atomic E-state index is -0.278. The number of nitrogens with zero attached hydrogens (tertiary/aromatic N) is 3. The second-order valence-electron chi connectivity index (χ2n) is 10.2. The van der Waals surface area contributed by atoms with Crippen molar-refractivity contribution >= 4 is 0 Å². The Kier molecular flexibility index (Phi) is 3.91. The smallest absolute Gasteiger partial charge is 0.174 e. The highest BCUT2D eigenvalue weighted by molar-refractivity contribution is 5.13. The van der Waals surface area contributed by atoms with Crippen molar-refractivity contribution in [1.82, 2.24) is 0 Å². The Morgan fingerprint density at radius 3 is 2.46 bits per heavy atom. The van der Waals surface area contributed by atoms with Crippen LogP contribution in [-0.2, 0) is 9.47 Å². The molecule has 4 saturated carbocycles. The molecular formula is C21H33N3O2. The molecule has 0 N–H and O–H groups in total. The molecule has 4 aliphatic carbocycles. The lowest BCUT2D eigenvalue weighted by Crippen LogP contribution is -2.57. The Balaban J connectivity index is 1.41. The lowest BCUT2D eigenvalue weighted by molar-refractivity contribution is -0.247. The van der Waals surface area contributed by atoms with E-state index in [0.717, 1.165) is 56.1 Å². The van der Waals surface area contributed by atoms with Crippen molar-refractivity contribution in [3.63, 3.8) is 0 Å². The molecule has 26 heavy (non-hydrogen) atoms. The highest BCUT2D eigenvalue weighted by Crippen LogP contribution is 2.69. The monoisotopic (exact) mass is 359 g/mol. The van der Waals surface area contributed by atoms with Crippen molar-refractivity contribution in [3.8, 4) is 0 Å². The molecule has 0 aromatic heterocycles. The Bertz CT molecular complexity index is 627. The van der Waals surface area contributed by atoms with Gasteiger partial charge in [-0.25, -0.2) is 0 Å². The molecular weight excluding hydrogens is 326 g/mol. The fourth-order valence-electron chi connectivity index (χ4n) is 8.30. The first kappa shape index (κ1) is 17.3. The van der Waals surface area contributed by atoms with Gasteiger partial charge in [-0.3, -0.25) is 0 Å². The van der Waals surface area contributed by atoms with Crippen molar-refractivity contribution in [2.24, 2.45) is 39.6 Å². The lowest BCUT2D eigenvalue weighted by Gasteiger charge is -2.61. The van der Waals surface area contributed by atoms with Crippen molar-refractivity contribution in [2.75, 3.05) is 13.2 Å². The maximum Gasteiger partial charge on any atom is 0.174 e. The summed E-state index contributed by atoms with van der Waals surface area (Å²) in [5.41, 5.74) is 9.48. The van der Waals surface area contributed by atoms with Crippen LogP contribution < -0.4 is 0 Å². The lowest BCUT2D eigenvalue weighted by atomic mass is 9.45. The van der Waals surface area contributed by atoms with Crippen molar-refractivity contribution in [3.05, 3.63) is 10.4 Å². The highest BCUT2D eigenvalue weighted by Gasteiger charge is 2.67. The normalized spacial score (nSPS) is 52.0. The van der Waals surface area contributed by atoms with E-state index in [9.17, 15) is 0 Å². The quantitative estimate of drug-likeness (QED) is 0.355. The molecule has 144 valence electrons. The van der Waals surface area contributed by atoms with Crippen LogP contribution >= 0.6 is 0 Å². The molecule has 1 spiro atoms. The van der Waals surface area contributed by atoms with E-state index in [4.69, 9.17) is 15.0 Å². The van der Waals surface area contributed by atoms with Gasteiger partial charge in [0.25, 0.3) is 0 Å². The van der Waals surface area contributed by atoms with Gasteiger partial charge in [0.1, 0.15) is 0 Å². The average molecular weight is 360 g/mol. The molecule has 5 fully saturated rings. The fourth-order valence-corrected chi connectivity index (χ4v) is 8.30. The number of fused-ring (bicyclic) bond motifs is 6. The molecule has 0 amide bonds. The van der Waals surface area contributed by atoms with E-state index in [0.29, 0.717) is 5.41 Å². The predicted octanol–water partition coefficient (Wildman–Crippen LogP) is 5.45. The zero-order chi connectivity index (χ0) is 18.0. The molecule has 1 heterocycles. The number of ether oxygens (including phenoxy) is 2. The summed E-state index contributed by atoms with van der Waals surface area (Å²) in [6.45, 7) is 6.59. The zero-order valence-corrected chi connectivity index (χ0v) is 16.3. The van der Waals surface area contributed by atoms with Gasteiger partial charge in [0.15, 0.2) is 5.79 Å². The number of hydrogen-bond acceptors (Lipinski definition) is 3. The minimum absolute atomic E-state index is 0.205. The molecule has 5 aliphatic rings. The van der Waals surface area contributed by atoms with E-state index in [1.165, 1.54) is 38.5 Å². The van der Waals surface area contributed by atoms with Crippen LogP contribution in [0.1, 0.15) is 71.6 Å². The predicted molar refractivity (Wildman–Crippen MR) is 99.3 cm³/mol. The van der Waals surface area contributed by atoms with Gasteiger partial charge in [-0.15, -0.1) is 0 Å². The second-order valence-corrected chi connectivity index (χ2v) is 10.2. The van der Waals surface area contributed by atoms with E-state index in [1.54, 1.807) is 0 Å². The van der Waals surface area contributed by atoms with Crippen LogP contribution in [0.3, 0.4) is 0 Å². The van der Waals surface area contributed by atoms with E-state index in [1.807, 2.05) is 0 Å². The van der Waals surface area contributed by atoms with Crippen molar-refractivity contribution in [1.29, 1.82) is 0 Å². The summed E-state index contributed by atoms with van der Waals surface area (Å²) in [6, 6.07) is 0.235. The average Bonchev–Trinajstić information content (AvgIpc) is 3.22. The fraction of sp³-hybridized carbons (Fsp3) is 1.00. The zero-order valence-electron chi connectivity index (χ0n) is 16.3. The number of azide groups is 1. The molecule has 0 unspecified atom stereocenters. The standard InChI is InChI=1S/C21H33N3O2/c1-19-8-5-15(23-24-22)13-14(19)3-4-16-17(19)6-9-20(2)18(16)7-10-21(20)25-11-12-26-21/h14-18H,3-13H2,1-2H3/t14-,15-,16+,17-,18-,19-,20-/m0/s1. The third kappa shape index (κ3) is 2.14. The molecule has 0 bridgehead atoms. The first-order chi connectivity index (χ1) is 12.5. The summed E-state index contributed by atoms with van der Waals surface area (Å²) in [6.07, 6.45) is 11.0. The Labute approximate surface area is 156 Å². The summed E-state index contributed by atoms with van der Waals surface area (Å²) in [7, 11) is 0. The molecule has 0 aromatic rings. The first-order valence-electron chi connectivity index (χ1n) is 10.8. The Morgan fingerprint density at radius 2 is 1.69 bits per heavy atom. The van der Waals surface area contributed by atoms with Gasteiger partial charge in [-0.2, -0.15) is 0 Å². The third-order valence-electron chi connectivity index (χ3n) is 9.65. The summed E-state index contributed by atoms with van der Waals surface area (Å²) >= 11 is 0. The third-order valence-corrected chi connectivity index (χ3v) is 9.65. The SMILES string of the molecule is C[C@]12CC[C@H](N=[N+]=[N-])C[C@@H]1CC[C@@H]1[C@@H]2CC[C@@]2(C)[C@H]1CCC21OCCO1. The van der Waals surface area contributed by atoms with Gasteiger partial charge >= 0.3 is 0 Å². The molecule has 1 aliphatic heterocycles. The van der Waals surface area contributed by atoms with Gasteiger partial charge in [-0.05, 0) is 86.0 Å². The molecule has 0 aromatic carbocycles. The van der Waals surface area contributed by atoms with Crippen LogP contribution in [-0.4, -0.2) is 25.0 Å². The van der Waals surface area contributed by atoms with Gasteiger partial charge in [0, 0.05) is 22.8 Å². The second kappa shape index (κ2) is 5.86. The van der Waals surface area contributed by atoms with Gasteiger partial charge in [-0.1, -0.05) is 19.0 Å². The van der Waals surface area contributed by atoms with Crippen LogP contribution in [0.25, 0.3) is 10.4 Å². The molecule has 5 nitrogen and oxygen atoms in total. The molecule has 1 saturated heterocycles. The van der Waals surface area contributed by atoms with Crippen molar-refractivity contribution in [2.45, 2.75) is 83.5 Å². The van der Waals surface area contributed by atoms with Gasteiger partial charge in [0.05, 0.1) is 13.2 Å².